The molecule has 1 aromatic carbocycles. The van der Waals surface area contributed by atoms with Crippen LogP contribution in [0.2, 0.25) is 18.1 Å². The highest BCUT2D eigenvalue weighted by Crippen LogP contribution is 2.45. The summed E-state index contributed by atoms with van der Waals surface area (Å²) >= 11 is 0. The Morgan fingerprint density at radius 2 is 1.77 bits per heavy atom. The van der Waals surface area contributed by atoms with Gasteiger partial charge in [-0.25, -0.2) is 24.5 Å². The van der Waals surface area contributed by atoms with Gasteiger partial charge in [-0.15, -0.1) is 0 Å². The van der Waals surface area contributed by atoms with Gasteiger partial charge in [0.05, 0.1) is 31.6 Å². The predicted molar refractivity (Wildman–Crippen MR) is 168 cm³/mol. The Hall–Kier alpha value is -4.08. The maximum absolute atomic E-state index is 12.8. The number of fused-ring (bicyclic) bond motifs is 1. The zero-order chi connectivity index (χ0) is 32.1. The van der Waals surface area contributed by atoms with E-state index in [-0.39, 0.29) is 42.4 Å². The standard InChI is InChI=1S/C29H42N8O6Si/c1-8-41-21(38)14-19-20(15-31-27(39)30-5)42-26(23(19)43-44(6,7)29(2,3)4)37-17-34-22-24(32-16-33-25(22)37)36-28(40)35-18-12-10-9-11-13-18/h9-13,16-17,19-20,23,26H,8,14-15H2,1-7H3,(H2,30,31,39)(H2,32,33,35,36,40)/t19-,20-,23-,26-/m1/s1. The number of rotatable bonds is 10. The van der Waals surface area contributed by atoms with Gasteiger partial charge in [0.25, 0.3) is 0 Å². The lowest BCUT2D eigenvalue weighted by Gasteiger charge is -2.40. The monoisotopic (exact) mass is 626 g/mol. The quantitative estimate of drug-likeness (QED) is 0.190. The van der Waals surface area contributed by atoms with Crippen molar-refractivity contribution in [2.75, 3.05) is 30.8 Å². The lowest BCUT2D eigenvalue weighted by Crippen LogP contribution is -2.48. The average molecular weight is 627 g/mol. The molecule has 1 aliphatic heterocycles. The van der Waals surface area contributed by atoms with E-state index in [1.54, 1.807) is 30.0 Å². The minimum absolute atomic E-state index is 0.0256. The van der Waals surface area contributed by atoms with Crippen LogP contribution >= 0.6 is 0 Å². The lowest BCUT2D eigenvalue weighted by molar-refractivity contribution is -0.145. The smallest absolute Gasteiger partial charge is 0.324 e. The van der Waals surface area contributed by atoms with E-state index in [0.717, 1.165) is 0 Å². The molecule has 1 saturated heterocycles. The summed E-state index contributed by atoms with van der Waals surface area (Å²) in [4.78, 5) is 50.9. The lowest BCUT2D eigenvalue weighted by atomic mass is 9.94. The molecule has 44 heavy (non-hydrogen) atoms. The summed E-state index contributed by atoms with van der Waals surface area (Å²) in [6.45, 7) is 12.8. The summed E-state index contributed by atoms with van der Waals surface area (Å²) in [5.74, 6) is -0.633. The van der Waals surface area contributed by atoms with Crippen LogP contribution in [0.3, 0.4) is 0 Å². The minimum atomic E-state index is -2.42. The molecule has 1 aliphatic rings. The van der Waals surface area contributed by atoms with E-state index in [1.165, 1.54) is 13.4 Å². The van der Waals surface area contributed by atoms with Crippen molar-refractivity contribution in [2.45, 2.75) is 70.7 Å². The molecule has 2 aromatic heterocycles. The number of para-hydroxylation sites is 1. The zero-order valence-corrected chi connectivity index (χ0v) is 27.2. The first kappa shape index (κ1) is 32.8. The van der Waals surface area contributed by atoms with Crippen LogP contribution in [0.25, 0.3) is 11.2 Å². The largest absolute Gasteiger partial charge is 0.466 e. The van der Waals surface area contributed by atoms with Gasteiger partial charge in [-0.3, -0.25) is 14.7 Å². The van der Waals surface area contributed by atoms with Gasteiger partial charge >= 0.3 is 18.0 Å². The molecule has 4 atom stereocenters. The molecule has 0 unspecified atom stereocenters. The third-order valence-electron chi connectivity index (χ3n) is 8.03. The van der Waals surface area contributed by atoms with E-state index in [2.05, 4.69) is 70.1 Å². The molecule has 15 heteroatoms. The fraction of sp³-hybridized carbons (Fsp3) is 0.517. The second-order valence-electron chi connectivity index (χ2n) is 12.0. The van der Waals surface area contributed by atoms with Crippen molar-refractivity contribution in [1.82, 2.24) is 30.2 Å². The summed E-state index contributed by atoms with van der Waals surface area (Å²) in [5, 5.41) is 10.7. The molecular formula is C29H42N8O6Si. The summed E-state index contributed by atoms with van der Waals surface area (Å²) < 4.78 is 20.6. The molecule has 0 bridgehead atoms. The zero-order valence-electron chi connectivity index (χ0n) is 26.2. The number of hydrogen-bond acceptors (Lipinski definition) is 9. The number of urea groups is 2. The molecule has 0 aliphatic carbocycles. The molecule has 0 saturated carbocycles. The van der Waals surface area contributed by atoms with Crippen LogP contribution in [0.1, 0.15) is 40.3 Å². The van der Waals surface area contributed by atoms with E-state index in [1.807, 2.05) is 18.2 Å². The van der Waals surface area contributed by atoms with Gasteiger partial charge in [0.15, 0.2) is 31.5 Å². The van der Waals surface area contributed by atoms with E-state index >= 15 is 0 Å². The van der Waals surface area contributed by atoms with E-state index in [4.69, 9.17) is 13.9 Å². The number of anilines is 2. The SMILES string of the molecule is CCOC(=O)C[C@H]1[C@@H](O[Si](C)(C)C(C)(C)C)[C@H](n2cnc3c(NC(=O)Nc4ccccc4)ncnc32)O[C@@H]1CNC(=O)NC. The van der Waals surface area contributed by atoms with Gasteiger partial charge in [0, 0.05) is 25.2 Å². The highest BCUT2D eigenvalue weighted by Gasteiger charge is 2.51. The second-order valence-corrected chi connectivity index (χ2v) is 16.8. The first-order chi connectivity index (χ1) is 20.8. The van der Waals surface area contributed by atoms with Crippen molar-refractivity contribution in [3.63, 3.8) is 0 Å². The summed E-state index contributed by atoms with van der Waals surface area (Å²) in [5.41, 5.74) is 1.37. The minimum Gasteiger partial charge on any atom is -0.466 e. The number of benzene rings is 1. The number of nitrogens with zero attached hydrogens (tertiary/aromatic N) is 4. The Labute approximate surface area is 257 Å². The van der Waals surface area contributed by atoms with Gasteiger partial charge in [-0.05, 0) is 37.2 Å². The topological polar surface area (TPSA) is 171 Å². The number of carbonyl (C=O) groups is 3. The van der Waals surface area contributed by atoms with Crippen LogP contribution < -0.4 is 21.3 Å². The van der Waals surface area contributed by atoms with Crippen molar-refractivity contribution in [3.05, 3.63) is 43.0 Å². The van der Waals surface area contributed by atoms with Crippen molar-refractivity contribution < 1.29 is 28.3 Å². The number of ether oxygens (including phenoxy) is 2. The Balaban J connectivity index is 1.71. The molecule has 3 aromatic rings. The number of carbonyl (C=O) groups excluding carboxylic acids is 3. The Kier molecular flexibility index (Phi) is 10.2. The van der Waals surface area contributed by atoms with E-state index in [0.29, 0.717) is 16.9 Å². The molecule has 0 radical (unpaired) electrons. The summed E-state index contributed by atoms with van der Waals surface area (Å²) in [7, 11) is -0.894. The van der Waals surface area contributed by atoms with Crippen molar-refractivity contribution in [2.24, 2.45) is 5.92 Å². The third kappa shape index (κ3) is 7.52. The van der Waals surface area contributed by atoms with Crippen LogP contribution in [-0.4, -0.2) is 78.3 Å². The number of nitrogens with one attached hydrogen (secondary N) is 4. The summed E-state index contributed by atoms with van der Waals surface area (Å²) in [6.07, 6.45) is 0.954. The molecule has 4 N–H and O–H groups in total. The number of amides is 4. The number of imidazole rings is 1. The van der Waals surface area contributed by atoms with Crippen LogP contribution in [0.4, 0.5) is 21.1 Å². The fourth-order valence-electron chi connectivity index (χ4n) is 4.73. The van der Waals surface area contributed by atoms with E-state index < -0.39 is 38.7 Å². The normalized spacial score (nSPS) is 20.2. The highest BCUT2D eigenvalue weighted by atomic mass is 28.4. The molecule has 4 rings (SSSR count). The van der Waals surface area contributed by atoms with Crippen LogP contribution in [-0.2, 0) is 18.7 Å². The molecule has 3 heterocycles. The van der Waals surface area contributed by atoms with Crippen LogP contribution in [0, 0.1) is 5.92 Å². The highest BCUT2D eigenvalue weighted by molar-refractivity contribution is 6.74. The van der Waals surface area contributed by atoms with Crippen LogP contribution in [0.15, 0.2) is 43.0 Å². The van der Waals surface area contributed by atoms with Gasteiger partial charge in [-0.1, -0.05) is 39.0 Å². The molecule has 238 valence electrons. The van der Waals surface area contributed by atoms with Gasteiger partial charge in [0.2, 0.25) is 0 Å². The number of hydrogen-bond donors (Lipinski definition) is 4. The van der Waals surface area contributed by atoms with Gasteiger partial charge in [-0.2, -0.15) is 0 Å². The summed E-state index contributed by atoms with van der Waals surface area (Å²) in [6, 6.07) is 8.16. The average Bonchev–Trinajstić information content (AvgIpc) is 3.53. The molecule has 14 nitrogen and oxygen atoms in total. The molecule has 1 fully saturated rings. The van der Waals surface area contributed by atoms with Crippen molar-refractivity contribution >= 4 is 49.0 Å². The predicted octanol–water partition coefficient (Wildman–Crippen LogP) is 4.26. The van der Waals surface area contributed by atoms with Gasteiger partial charge in [0.1, 0.15) is 6.33 Å². The molecule has 4 amide bonds. The van der Waals surface area contributed by atoms with Crippen molar-refractivity contribution in [3.8, 4) is 0 Å². The second kappa shape index (κ2) is 13.7. The first-order valence-corrected chi connectivity index (χ1v) is 17.5. The Morgan fingerprint density at radius 1 is 1.05 bits per heavy atom. The maximum Gasteiger partial charge on any atom is 0.324 e. The van der Waals surface area contributed by atoms with Gasteiger partial charge < -0.3 is 29.9 Å². The first-order valence-electron chi connectivity index (χ1n) is 14.6. The Bertz CT molecular complexity index is 1460. The number of aromatic nitrogens is 4. The fourth-order valence-corrected chi connectivity index (χ4v) is 6.05. The van der Waals surface area contributed by atoms with Crippen LogP contribution in [0.5, 0.6) is 0 Å². The third-order valence-corrected chi connectivity index (χ3v) is 12.5. The van der Waals surface area contributed by atoms with Crippen molar-refractivity contribution in [1.29, 1.82) is 0 Å². The Morgan fingerprint density at radius 3 is 2.43 bits per heavy atom. The molecular weight excluding hydrogens is 584 g/mol. The maximum atomic E-state index is 12.8. The number of esters is 1. The van der Waals surface area contributed by atoms with E-state index in [9.17, 15) is 14.4 Å². The molecule has 0 spiro atoms.